The van der Waals surface area contributed by atoms with E-state index in [-0.39, 0.29) is 5.75 Å². The summed E-state index contributed by atoms with van der Waals surface area (Å²) in [7, 11) is 3.51. The molecule has 1 aliphatic carbocycles. The molecule has 1 aromatic rings. The van der Waals surface area contributed by atoms with Crippen LogP contribution in [0.15, 0.2) is 12.1 Å². The van der Waals surface area contributed by atoms with Crippen LogP contribution in [-0.2, 0) is 0 Å². The van der Waals surface area contributed by atoms with Crippen LogP contribution in [-0.4, -0.2) is 20.2 Å². The predicted molar refractivity (Wildman–Crippen MR) is 81.8 cm³/mol. The molecular weight excluding hydrogens is 255 g/mol. The summed E-state index contributed by atoms with van der Waals surface area (Å²) in [6.45, 7) is 4.64. The lowest BCUT2D eigenvalue weighted by atomic mass is 9.75. The van der Waals surface area contributed by atoms with Crippen LogP contribution in [0.25, 0.3) is 0 Å². The minimum Gasteiger partial charge on any atom is -0.494 e. The fourth-order valence-electron chi connectivity index (χ4n) is 2.99. The van der Waals surface area contributed by atoms with Gasteiger partial charge in [-0.3, -0.25) is 0 Å². The molecule has 0 atom stereocenters. The first-order chi connectivity index (χ1) is 9.34. The van der Waals surface area contributed by atoms with E-state index in [2.05, 4.69) is 18.7 Å². The second-order valence-electron chi connectivity index (χ2n) is 6.55. The number of hydrogen-bond donors (Lipinski definition) is 1. The van der Waals surface area contributed by atoms with Gasteiger partial charge >= 0.3 is 0 Å². The van der Waals surface area contributed by atoms with Gasteiger partial charge in [0, 0.05) is 25.2 Å². The summed E-state index contributed by atoms with van der Waals surface area (Å²) < 4.78 is 18.7. The van der Waals surface area contributed by atoms with Crippen molar-refractivity contribution in [3.05, 3.63) is 17.9 Å². The number of hydrogen-bond acceptors (Lipinski definition) is 3. The summed E-state index contributed by atoms with van der Waals surface area (Å²) in [5.41, 5.74) is 7.73. The highest BCUT2D eigenvalue weighted by Gasteiger charge is 2.29. The summed E-state index contributed by atoms with van der Waals surface area (Å²) >= 11 is 0. The molecule has 0 aliphatic heterocycles. The van der Waals surface area contributed by atoms with Crippen molar-refractivity contribution in [1.29, 1.82) is 0 Å². The first kappa shape index (κ1) is 14.9. The largest absolute Gasteiger partial charge is 0.494 e. The molecule has 2 N–H and O–H groups in total. The summed E-state index contributed by atoms with van der Waals surface area (Å²) in [5, 5.41) is 0. The molecule has 20 heavy (non-hydrogen) atoms. The van der Waals surface area contributed by atoms with E-state index in [4.69, 9.17) is 10.5 Å². The lowest BCUT2D eigenvalue weighted by molar-refractivity contribution is 0.222. The predicted octanol–water partition coefficient (Wildman–Crippen LogP) is 3.82. The van der Waals surface area contributed by atoms with Crippen molar-refractivity contribution < 1.29 is 9.13 Å². The van der Waals surface area contributed by atoms with Crippen molar-refractivity contribution in [1.82, 2.24) is 0 Å². The zero-order valence-electron chi connectivity index (χ0n) is 12.9. The van der Waals surface area contributed by atoms with Crippen LogP contribution < -0.4 is 15.4 Å². The lowest BCUT2D eigenvalue weighted by Crippen LogP contribution is -2.37. The molecule has 0 aromatic heterocycles. The van der Waals surface area contributed by atoms with Gasteiger partial charge in [0.25, 0.3) is 0 Å². The lowest BCUT2D eigenvalue weighted by Gasteiger charge is -2.40. The Hall–Kier alpha value is -1.45. The van der Waals surface area contributed by atoms with Crippen LogP contribution in [0.2, 0.25) is 0 Å². The Kier molecular flexibility index (Phi) is 4.11. The van der Waals surface area contributed by atoms with Gasteiger partial charge in [0.15, 0.2) is 11.6 Å². The van der Waals surface area contributed by atoms with Gasteiger partial charge in [0.05, 0.1) is 18.5 Å². The van der Waals surface area contributed by atoms with Gasteiger partial charge in [-0.05, 0) is 31.1 Å². The number of nitrogen functional groups attached to an aromatic ring is 1. The molecule has 112 valence electrons. The summed E-state index contributed by atoms with van der Waals surface area (Å²) in [5.74, 6) is -0.163. The van der Waals surface area contributed by atoms with Crippen molar-refractivity contribution >= 4 is 11.4 Å². The Bertz CT molecular complexity index is 478. The third kappa shape index (κ3) is 3.00. The van der Waals surface area contributed by atoms with Crippen molar-refractivity contribution in [3.8, 4) is 5.75 Å². The maximum absolute atomic E-state index is 13.6. The smallest absolute Gasteiger partial charge is 0.167 e. The second kappa shape index (κ2) is 5.51. The van der Waals surface area contributed by atoms with Gasteiger partial charge in [-0.15, -0.1) is 0 Å². The molecule has 4 heteroatoms. The average Bonchev–Trinajstić information content (AvgIpc) is 2.38. The summed E-state index contributed by atoms with van der Waals surface area (Å²) in [6.07, 6.45) is 4.70. The molecule has 0 amide bonds. The molecule has 1 aliphatic rings. The molecule has 0 spiro atoms. The van der Waals surface area contributed by atoms with Crippen LogP contribution in [0, 0.1) is 11.2 Å². The van der Waals surface area contributed by atoms with Gasteiger partial charge in [0.1, 0.15) is 0 Å². The Morgan fingerprint density at radius 1 is 1.30 bits per heavy atom. The van der Waals surface area contributed by atoms with E-state index >= 15 is 0 Å². The van der Waals surface area contributed by atoms with E-state index in [0.29, 0.717) is 17.1 Å². The molecule has 0 radical (unpaired) electrons. The number of anilines is 2. The van der Waals surface area contributed by atoms with E-state index in [1.807, 2.05) is 7.05 Å². The number of ether oxygens (including phenoxy) is 1. The van der Waals surface area contributed by atoms with E-state index < -0.39 is 5.82 Å². The third-order valence-electron chi connectivity index (χ3n) is 4.54. The highest BCUT2D eigenvalue weighted by atomic mass is 19.1. The summed E-state index contributed by atoms with van der Waals surface area (Å²) in [4.78, 5) is 2.17. The number of rotatable bonds is 3. The molecule has 0 saturated heterocycles. The molecule has 0 unspecified atom stereocenters. The topological polar surface area (TPSA) is 38.5 Å². The quantitative estimate of drug-likeness (QED) is 0.855. The Labute approximate surface area is 120 Å². The Morgan fingerprint density at radius 2 is 1.90 bits per heavy atom. The van der Waals surface area contributed by atoms with Crippen LogP contribution in [0.1, 0.15) is 39.5 Å². The molecular formula is C16H25FN2O. The number of nitrogens with two attached hydrogens (primary N) is 1. The van der Waals surface area contributed by atoms with Crippen molar-refractivity contribution in [3.63, 3.8) is 0 Å². The van der Waals surface area contributed by atoms with E-state index in [9.17, 15) is 4.39 Å². The maximum atomic E-state index is 13.6. The highest BCUT2D eigenvalue weighted by Crippen LogP contribution is 2.39. The van der Waals surface area contributed by atoms with E-state index in [1.54, 1.807) is 6.07 Å². The molecule has 0 heterocycles. The second-order valence-corrected chi connectivity index (χ2v) is 6.55. The summed E-state index contributed by atoms with van der Waals surface area (Å²) in [6, 6.07) is 3.50. The minimum atomic E-state index is -0.410. The van der Waals surface area contributed by atoms with Crippen molar-refractivity contribution in [2.45, 2.75) is 45.6 Å². The minimum absolute atomic E-state index is 0.247. The average molecular weight is 280 g/mol. The third-order valence-corrected chi connectivity index (χ3v) is 4.54. The van der Waals surface area contributed by atoms with Gasteiger partial charge in [-0.1, -0.05) is 13.8 Å². The fraction of sp³-hybridized carbons (Fsp3) is 0.625. The van der Waals surface area contributed by atoms with Gasteiger partial charge in [-0.25, -0.2) is 4.39 Å². The van der Waals surface area contributed by atoms with Crippen LogP contribution in [0.3, 0.4) is 0 Å². The first-order valence-corrected chi connectivity index (χ1v) is 7.20. The molecule has 1 saturated carbocycles. The number of benzene rings is 1. The molecule has 2 rings (SSSR count). The first-order valence-electron chi connectivity index (χ1n) is 7.20. The van der Waals surface area contributed by atoms with Crippen molar-refractivity contribution in [2.75, 3.05) is 24.8 Å². The van der Waals surface area contributed by atoms with Crippen molar-refractivity contribution in [2.24, 2.45) is 5.41 Å². The van der Waals surface area contributed by atoms with Crippen LogP contribution >= 0.6 is 0 Å². The zero-order valence-corrected chi connectivity index (χ0v) is 12.9. The number of methoxy groups -OCH3 is 1. The Balaban J connectivity index is 2.19. The number of nitrogens with zero attached hydrogens (tertiary/aromatic N) is 1. The fourth-order valence-corrected chi connectivity index (χ4v) is 2.99. The molecule has 0 bridgehead atoms. The van der Waals surface area contributed by atoms with E-state index in [1.165, 1.54) is 26.0 Å². The van der Waals surface area contributed by atoms with Gasteiger partial charge in [0.2, 0.25) is 0 Å². The Morgan fingerprint density at radius 3 is 2.45 bits per heavy atom. The van der Waals surface area contributed by atoms with Crippen LogP contribution in [0.4, 0.5) is 15.8 Å². The van der Waals surface area contributed by atoms with E-state index in [0.717, 1.165) is 18.5 Å². The normalized spacial score (nSPS) is 18.9. The maximum Gasteiger partial charge on any atom is 0.167 e. The standard InChI is InChI=1S/C16H25FN2O/c1-16(2)7-5-11(6-8-16)19(3)14-10-15(20-4)12(17)9-13(14)18/h9-11H,5-8,18H2,1-4H3. The molecule has 1 fully saturated rings. The monoisotopic (exact) mass is 280 g/mol. The number of halogens is 1. The van der Waals surface area contributed by atoms with Gasteiger partial charge in [-0.2, -0.15) is 0 Å². The SMILES string of the molecule is COc1cc(N(C)C2CCC(C)(C)CC2)c(N)cc1F. The molecule has 1 aromatic carbocycles. The van der Waals surface area contributed by atoms with Crippen LogP contribution in [0.5, 0.6) is 5.75 Å². The zero-order chi connectivity index (χ0) is 14.9. The molecule has 3 nitrogen and oxygen atoms in total. The highest BCUT2D eigenvalue weighted by molar-refractivity contribution is 5.70. The van der Waals surface area contributed by atoms with Gasteiger partial charge < -0.3 is 15.4 Å².